The molecule has 0 bridgehead atoms. The van der Waals surface area contributed by atoms with Gasteiger partial charge in [0.25, 0.3) is 0 Å². The number of para-hydroxylation sites is 2. The van der Waals surface area contributed by atoms with Crippen LogP contribution in [0.5, 0.6) is 11.5 Å². The van der Waals surface area contributed by atoms with Crippen molar-refractivity contribution < 1.29 is 19.4 Å². The number of hydrogen-bond acceptors (Lipinski definition) is 6. The Balaban J connectivity index is 0.00000193. The second-order valence-corrected chi connectivity index (χ2v) is 8.73. The van der Waals surface area contributed by atoms with Gasteiger partial charge in [0, 0.05) is 49.2 Å². The maximum absolute atomic E-state index is 11.7. The Morgan fingerprint density at radius 1 is 1.06 bits per heavy atom. The van der Waals surface area contributed by atoms with Gasteiger partial charge in [0.05, 0.1) is 18.5 Å². The number of anilines is 2. The zero-order valence-electron chi connectivity index (χ0n) is 18.5. The number of benzene rings is 2. The van der Waals surface area contributed by atoms with Crippen LogP contribution in [0.3, 0.4) is 0 Å². The number of nitrogens with one attached hydrogen (secondary N) is 1. The van der Waals surface area contributed by atoms with Crippen LogP contribution in [0.2, 0.25) is 0 Å². The van der Waals surface area contributed by atoms with Crippen LogP contribution >= 0.6 is 40.7 Å². The van der Waals surface area contributed by atoms with Gasteiger partial charge in [-0.15, -0.1) is 24.8 Å². The number of carbonyl (C=O) groups is 1. The van der Waals surface area contributed by atoms with Crippen LogP contribution in [0, 0.1) is 0 Å². The van der Waals surface area contributed by atoms with Gasteiger partial charge in [-0.2, -0.15) is 0 Å². The number of nitrogens with zero attached hydrogens (tertiary/aromatic N) is 2. The number of amides is 1. The molecule has 1 fully saturated rings. The van der Waals surface area contributed by atoms with Gasteiger partial charge < -0.3 is 24.8 Å². The number of aliphatic hydroxyl groups excluding tert-OH is 1. The quantitative estimate of drug-likeness (QED) is 0.535. The van der Waals surface area contributed by atoms with Crippen LogP contribution in [0.1, 0.15) is 12.0 Å². The number of halogens is 3. The third kappa shape index (κ3) is 6.67. The first-order chi connectivity index (χ1) is 15.0. The van der Waals surface area contributed by atoms with Crippen LogP contribution in [0.25, 0.3) is 0 Å². The molecule has 0 spiro atoms. The Bertz CT molecular complexity index is 942. The predicted molar refractivity (Wildman–Crippen MR) is 139 cm³/mol. The standard InChI is InChI=1S/C23H28BrN3O4.2ClH/c1-30-21-5-3-2-4-19(21)27-12-10-26(11-13-27)14-16(28)15-31-20-8-7-18(24)23-17(20)6-9-22(29)25-23;;/h2-5,7-8,16,28H,6,9-15H2,1H3,(H,25,29);2*1H. The lowest BCUT2D eigenvalue weighted by Gasteiger charge is -2.37. The van der Waals surface area contributed by atoms with Crippen LogP contribution in [-0.4, -0.2) is 68.5 Å². The third-order valence-corrected chi connectivity index (χ3v) is 6.44. The highest BCUT2D eigenvalue weighted by atomic mass is 79.9. The maximum Gasteiger partial charge on any atom is 0.224 e. The minimum atomic E-state index is -0.588. The van der Waals surface area contributed by atoms with Crippen LogP contribution in [0.15, 0.2) is 40.9 Å². The van der Waals surface area contributed by atoms with E-state index in [1.54, 1.807) is 7.11 Å². The van der Waals surface area contributed by atoms with Gasteiger partial charge in [-0.05, 0) is 46.6 Å². The maximum atomic E-state index is 11.7. The highest BCUT2D eigenvalue weighted by molar-refractivity contribution is 9.10. The number of carbonyl (C=O) groups excluding carboxylic acids is 1. The number of fused-ring (bicyclic) bond motifs is 1. The van der Waals surface area contributed by atoms with Crippen LogP contribution in [0.4, 0.5) is 11.4 Å². The molecule has 1 unspecified atom stereocenters. The van der Waals surface area contributed by atoms with Crippen LogP contribution < -0.4 is 19.7 Å². The number of ether oxygens (including phenoxy) is 2. The first-order valence-electron chi connectivity index (χ1n) is 10.6. The van der Waals surface area contributed by atoms with E-state index in [9.17, 15) is 9.90 Å². The number of rotatable bonds is 7. The molecule has 10 heteroatoms. The summed E-state index contributed by atoms with van der Waals surface area (Å²) in [6, 6.07) is 11.8. The lowest BCUT2D eigenvalue weighted by atomic mass is 10.0. The van der Waals surface area contributed by atoms with Crippen molar-refractivity contribution in [3.63, 3.8) is 0 Å². The van der Waals surface area contributed by atoms with Crippen molar-refractivity contribution >= 4 is 58.0 Å². The molecule has 0 aromatic heterocycles. The molecule has 0 radical (unpaired) electrons. The van der Waals surface area contributed by atoms with E-state index in [-0.39, 0.29) is 37.3 Å². The average Bonchev–Trinajstić information content (AvgIpc) is 2.79. The molecule has 2 N–H and O–H groups in total. The molecule has 0 aliphatic carbocycles. The molecule has 7 nitrogen and oxygen atoms in total. The Kier molecular flexibility index (Phi) is 10.6. The number of piperazine rings is 1. The lowest BCUT2D eigenvalue weighted by molar-refractivity contribution is -0.116. The van der Waals surface area contributed by atoms with Gasteiger partial charge >= 0.3 is 0 Å². The molecule has 0 saturated carbocycles. The zero-order chi connectivity index (χ0) is 21.8. The fourth-order valence-corrected chi connectivity index (χ4v) is 4.63. The molecule has 2 aliphatic heterocycles. The first-order valence-corrected chi connectivity index (χ1v) is 11.4. The summed E-state index contributed by atoms with van der Waals surface area (Å²) in [5.74, 6) is 1.62. The van der Waals surface area contributed by atoms with Crippen LogP contribution in [-0.2, 0) is 11.2 Å². The van der Waals surface area contributed by atoms with Crippen molar-refractivity contribution in [3.05, 3.63) is 46.4 Å². The summed E-state index contributed by atoms with van der Waals surface area (Å²) in [5.41, 5.74) is 2.86. The van der Waals surface area contributed by atoms with Crippen molar-refractivity contribution in [1.82, 2.24) is 4.90 Å². The molecule has 1 atom stereocenters. The summed E-state index contributed by atoms with van der Waals surface area (Å²) in [5, 5.41) is 13.4. The van der Waals surface area contributed by atoms with Gasteiger partial charge in [0.1, 0.15) is 24.2 Å². The molecule has 2 aromatic carbocycles. The Morgan fingerprint density at radius 2 is 1.79 bits per heavy atom. The van der Waals surface area contributed by atoms with Gasteiger partial charge in [-0.25, -0.2) is 0 Å². The molecule has 1 amide bonds. The van der Waals surface area contributed by atoms with E-state index in [4.69, 9.17) is 9.47 Å². The normalized spacial score (nSPS) is 16.6. The molecular formula is C23H30BrCl2N3O4. The van der Waals surface area contributed by atoms with E-state index in [0.29, 0.717) is 19.4 Å². The summed E-state index contributed by atoms with van der Waals surface area (Å²) in [4.78, 5) is 16.3. The van der Waals surface area contributed by atoms with E-state index in [2.05, 4.69) is 37.1 Å². The summed E-state index contributed by atoms with van der Waals surface area (Å²) >= 11 is 3.48. The van der Waals surface area contributed by atoms with E-state index < -0.39 is 6.10 Å². The largest absolute Gasteiger partial charge is 0.495 e. The summed E-state index contributed by atoms with van der Waals surface area (Å²) < 4.78 is 12.3. The highest BCUT2D eigenvalue weighted by Crippen LogP contribution is 2.37. The molecule has 2 aliphatic rings. The Morgan fingerprint density at radius 3 is 2.52 bits per heavy atom. The second kappa shape index (κ2) is 12.7. The van der Waals surface area contributed by atoms with Crippen molar-refractivity contribution in [2.75, 3.05) is 56.7 Å². The van der Waals surface area contributed by atoms with Gasteiger partial charge in [-0.1, -0.05) is 12.1 Å². The molecular weight excluding hydrogens is 533 g/mol. The van der Waals surface area contributed by atoms with E-state index in [0.717, 1.165) is 59.1 Å². The Hall–Kier alpha value is -1.71. The Labute approximate surface area is 215 Å². The van der Waals surface area contributed by atoms with Crippen molar-refractivity contribution in [2.45, 2.75) is 18.9 Å². The first kappa shape index (κ1) is 27.5. The predicted octanol–water partition coefficient (Wildman–Crippen LogP) is 3.75. The minimum absolute atomic E-state index is 0. The SMILES string of the molecule is COc1ccccc1N1CCN(CC(O)COc2ccc(Br)c3c2CCC(=O)N3)CC1.Cl.Cl. The molecule has 2 aromatic rings. The fraction of sp³-hybridized carbons (Fsp3) is 0.435. The molecule has 2 heterocycles. The summed E-state index contributed by atoms with van der Waals surface area (Å²) in [6.07, 6.45) is 0.491. The summed E-state index contributed by atoms with van der Waals surface area (Å²) in [7, 11) is 1.70. The van der Waals surface area contributed by atoms with E-state index in [1.165, 1.54) is 0 Å². The molecule has 33 heavy (non-hydrogen) atoms. The highest BCUT2D eigenvalue weighted by Gasteiger charge is 2.23. The zero-order valence-corrected chi connectivity index (χ0v) is 21.7. The smallest absolute Gasteiger partial charge is 0.224 e. The number of methoxy groups -OCH3 is 1. The number of β-amino-alcohol motifs (C(OH)–C–C–N with tert-alkyl or cyclic N) is 1. The monoisotopic (exact) mass is 561 g/mol. The van der Waals surface area contributed by atoms with Gasteiger partial charge in [-0.3, -0.25) is 9.69 Å². The molecule has 182 valence electrons. The van der Waals surface area contributed by atoms with Gasteiger partial charge in [0.2, 0.25) is 5.91 Å². The van der Waals surface area contributed by atoms with Gasteiger partial charge in [0.15, 0.2) is 0 Å². The fourth-order valence-electron chi connectivity index (χ4n) is 4.16. The second-order valence-electron chi connectivity index (χ2n) is 7.87. The average molecular weight is 563 g/mol. The van der Waals surface area contributed by atoms with Crippen molar-refractivity contribution in [1.29, 1.82) is 0 Å². The van der Waals surface area contributed by atoms with Crippen molar-refractivity contribution in [3.8, 4) is 11.5 Å². The number of hydrogen-bond donors (Lipinski definition) is 2. The van der Waals surface area contributed by atoms with E-state index in [1.807, 2.05) is 30.3 Å². The molecule has 1 saturated heterocycles. The third-order valence-electron chi connectivity index (χ3n) is 5.78. The topological polar surface area (TPSA) is 74.3 Å². The van der Waals surface area contributed by atoms with Crippen molar-refractivity contribution in [2.24, 2.45) is 0 Å². The summed E-state index contributed by atoms with van der Waals surface area (Å²) in [6.45, 7) is 4.29. The molecule has 4 rings (SSSR count). The lowest BCUT2D eigenvalue weighted by Crippen LogP contribution is -2.49. The number of aliphatic hydroxyl groups is 1. The minimum Gasteiger partial charge on any atom is -0.495 e. The van der Waals surface area contributed by atoms with E-state index >= 15 is 0 Å².